The molecule has 4 rings (SSSR count). The second-order valence-corrected chi connectivity index (χ2v) is 9.87. The molecule has 1 aromatic heterocycles. The molecule has 2 heterocycles. The summed E-state index contributed by atoms with van der Waals surface area (Å²) in [4.78, 5) is 17.2. The first-order valence-electron chi connectivity index (χ1n) is 9.06. The summed E-state index contributed by atoms with van der Waals surface area (Å²) < 4.78 is 26.9. The summed E-state index contributed by atoms with van der Waals surface area (Å²) in [5, 5.41) is 5.66. The van der Waals surface area contributed by atoms with Gasteiger partial charge < -0.3 is 0 Å². The fourth-order valence-corrected chi connectivity index (χ4v) is 5.53. The van der Waals surface area contributed by atoms with Crippen LogP contribution in [0.15, 0.2) is 58.8 Å². The van der Waals surface area contributed by atoms with Crippen molar-refractivity contribution < 1.29 is 13.2 Å². The van der Waals surface area contributed by atoms with Gasteiger partial charge in [0.2, 0.25) is 10.0 Å². The minimum atomic E-state index is -3.57. The van der Waals surface area contributed by atoms with Gasteiger partial charge in [0, 0.05) is 34.6 Å². The van der Waals surface area contributed by atoms with Gasteiger partial charge in [-0.25, -0.2) is 13.4 Å². The Morgan fingerprint density at radius 3 is 2.55 bits per heavy atom. The molecule has 0 radical (unpaired) electrons. The van der Waals surface area contributed by atoms with E-state index in [9.17, 15) is 13.2 Å². The molecule has 1 aliphatic rings. The number of carbonyl (C=O) groups is 1. The number of carbonyl (C=O) groups excluding carboxylic acids is 1. The topological polar surface area (TPSA) is 79.4 Å². The standard InChI is InChI=1S/C20H18ClN3O3S2/c21-16-8-6-14(7-9-16)18-13-28-20(22-18)23-19(25)15-4-3-5-17(12-15)29(26,27)24-10-1-2-11-24/h3-9,12-13H,1-2,10-11H2,(H,22,23,25). The molecule has 0 saturated carbocycles. The summed E-state index contributed by atoms with van der Waals surface area (Å²) in [5.74, 6) is -0.402. The van der Waals surface area contributed by atoms with Gasteiger partial charge in [0.15, 0.2) is 5.13 Å². The average molecular weight is 448 g/mol. The third-order valence-corrected chi connectivity index (χ3v) is 7.57. The molecular formula is C20H18ClN3O3S2. The average Bonchev–Trinajstić information content (AvgIpc) is 3.41. The van der Waals surface area contributed by atoms with Gasteiger partial charge in [-0.3, -0.25) is 10.1 Å². The van der Waals surface area contributed by atoms with E-state index in [-0.39, 0.29) is 10.5 Å². The van der Waals surface area contributed by atoms with Crippen LogP contribution in [0.4, 0.5) is 5.13 Å². The highest BCUT2D eigenvalue weighted by atomic mass is 35.5. The van der Waals surface area contributed by atoms with Crippen LogP contribution in [0.5, 0.6) is 0 Å². The van der Waals surface area contributed by atoms with E-state index < -0.39 is 15.9 Å². The first-order valence-corrected chi connectivity index (χ1v) is 11.8. The first kappa shape index (κ1) is 20.0. The Bertz CT molecular complexity index is 1140. The van der Waals surface area contributed by atoms with E-state index in [1.165, 1.54) is 27.8 Å². The zero-order valence-corrected chi connectivity index (χ0v) is 17.7. The Labute approximate surface area is 178 Å². The molecule has 1 fully saturated rings. The lowest BCUT2D eigenvalue weighted by molar-refractivity contribution is 0.102. The van der Waals surface area contributed by atoms with Gasteiger partial charge in [-0.15, -0.1) is 11.3 Å². The van der Waals surface area contributed by atoms with Crippen molar-refractivity contribution in [3.05, 3.63) is 64.5 Å². The number of aromatic nitrogens is 1. The van der Waals surface area contributed by atoms with Crippen LogP contribution in [-0.2, 0) is 10.0 Å². The van der Waals surface area contributed by atoms with Gasteiger partial charge in [-0.1, -0.05) is 29.8 Å². The number of sulfonamides is 1. The number of hydrogen-bond donors (Lipinski definition) is 1. The van der Waals surface area contributed by atoms with Gasteiger partial charge in [0.1, 0.15) is 0 Å². The Morgan fingerprint density at radius 1 is 1.10 bits per heavy atom. The number of nitrogens with one attached hydrogen (secondary N) is 1. The Balaban J connectivity index is 1.51. The number of thiazole rings is 1. The summed E-state index contributed by atoms with van der Waals surface area (Å²) in [6, 6.07) is 13.4. The van der Waals surface area contributed by atoms with Crippen molar-refractivity contribution in [2.24, 2.45) is 0 Å². The van der Waals surface area contributed by atoms with Crippen molar-refractivity contribution in [1.82, 2.24) is 9.29 Å². The van der Waals surface area contributed by atoms with Gasteiger partial charge in [-0.2, -0.15) is 4.31 Å². The molecule has 0 bridgehead atoms. The molecule has 6 nitrogen and oxygen atoms in total. The van der Waals surface area contributed by atoms with Crippen LogP contribution in [0, 0.1) is 0 Å². The number of anilines is 1. The number of benzene rings is 2. The molecule has 29 heavy (non-hydrogen) atoms. The van der Waals surface area contributed by atoms with Crippen molar-refractivity contribution in [3.8, 4) is 11.3 Å². The zero-order chi connectivity index (χ0) is 20.4. The smallest absolute Gasteiger partial charge is 0.257 e. The maximum Gasteiger partial charge on any atom is 0.257 e. The van der Waals surface area contributed by atoms with E-state index in [1.54, 1.807) is 24.3 Å². The lowest BCUT2D eigenvalue weighted by atomic mass is 10.2. The lowest BCUT2D eigenvalue weighted by Gasteiger charge is -2.15. The predicted molar refractivity (Wildman–Crippen MR) is 115 cm³/mol. The van der Waals surface area contributed by atoms with E-state index in [4.69, 9.17) is 11.6 Å². The van der Waals surface area contributed by atoms with Crippen molar-refractivity contribution in [3.63, 3.8) is 0 Å². The van der Waals surface area contributed by atoms with E-state index in [1.807, 2.05) is 17.5 Å². The fraction of sp³-hybridized carbons (Fsp3) is 0.200. The van der Waals surface area contributed by atoms with Crippen molar-refractivity contribution in [2.75, 3.05) is 18.4 Å². The van der Waals surface area contributed by atoms with Crippen molar-refractivity contribution in [2.45, 2.75) is 17.7 Å². The summed E-state index contributed by atoms with van der Waals surface area (Å²) in [5.41, 5.74) is 1.89. The Morgan fingerprint density at radius 2 is 1.83 bits per heavy atom. The van der Waals surface area contributed by atoms with Gasteiger partial charge in [0.25, 0.3) is 5.91 Å². The molecule has 0 atom stereocenters. The Kier molecular flexibility index (Phi) is 5.69. The molecule has 1 N–H and O–H groups in total. The third-order valence-electron chi connectivity index (χ3n) is 4.66. The number of hydrogen-bond acceptors (Lipinski definition) is 5. The molecule has 1 aliphatic heterocycles. The highest BCUT2D eigenvalue weighted by Crippen LogP contribution is 2.27. The predicted octanol–water partition coefficient (Wildman–Crippen LogP) is 4.50. The molecule has 0 spiro atoms. The van der Waals surface area contributed by atoms with E-state index in [2.05, 4.69) is 10.3 Å². The normalized spacial score (nSPS) is 14.8. The highest BCUT2D eigenvalue weighted by molar-refractivity contribution is 7.89. The summed E-state index contributed by atoms with van der Waals surface area (Å²) in [6.07, 6.45) is 1.72. The van der Waals surface area contributed by atoms with Crippen LogP contribution >= 0.6 is 22.9 Å². The quantitative estimate of drug-likeness (QED) is 0.624. The number of nitrogens with zero attached hydrogens (tertiary/aromatic N) is 2. The summed E-state index contributed by atoms with van der Waals surface area (Å²) in [7, 11) is -3.57. The van der Waals surface area contributed by atoms with Crippen LogP contribution < -0.4 is 5.32 Å². The van der Waals surface area contributed by atoms with E-state index >= 15 is 0 Å². The molecule has 9 heteroatoms. The monoisotopic (exact) mass is 447 g/mol. The van der Waals surface area contributed by atoms with Crippen LogP contribution in [-0.4, -0.2) is 36.7 Å². The van der Waals surface area contributed by atoms with Crippen molar-refractivity contribution in [1.29, 1.82) is 0 Å². The van der Waals surface area contributed by atoms with Crippen LogP contribution in [0.25, 0.3) is 11.3 Å². The molecule has 1 saturated heterocycles. The second-order valence-electron chi connectivity index (χ2n) is 6.64. The minimum absolute atomic E-state index is 0.132. The number of halogens is 1. The van der Waals surface area contributed by atoms with Gasteiger partial charge in [0.05, 0.1) is 10.6 Å². The zero-order valence-electron chi connectivity index (χ0n) is 15.3. The lowest BCUT2D eigenvalue weighted by Crippen LogP contribution is -2.28. The van der Waals surface area contributed by atoms with Gasteiger partial charge in [-0.05, 0) is 43.2 Å². The first-order chi connectivity index (χ1) is 13.9. The SMILES string of the molecule is O=C(Nc1nc(-c2ccc(Cl)cc2)cs1)c1cccc(S(=O)(=O)N2CCCC2)c1. The van der Waals surface area contributed by atoms with E-state index in [0.717, 1.165) is 24.1 Å². The Hall–Kier alpha value is -2.26. The van der Waals surface area contributed by atoms with Crippen molar-refractivity contribution >= 4 is 44.0 Å². The fourth-order valence-electron chi connectivity index (χ4n) is 3.13. The minimum Gasteiger partial charge on any atom is -0.298 e. The molecular weight excluding hydrogens is 430 g/mol. The molecule has 150 valence electrons. The molecule has 0 aliphatic carbocycles. The molecule has 2 aromatic carbocycles. The molecule has 1 amide bonds. The third kappa shape index (κ3) is 4.35. The van der Waals surface area contributed by atoms with Crippen LogP contribution in [0.2, 0.25) is 5.02 Å². The highest BCUT2D eigenvalue weighted by Gasteiger charge is 2.27. The molecule has 3 aromatic rings. The summed E-state index contributed by atoms with van der Waals surface area (Å²) in [6.45, 7) is 1.04. The summed E-state index contributed by atoms with van der Waals surface area (Å²) >= 11 is 7.21. The van der Waals surface area contributed by atoms with E-state index in [0.29, 0.717) is 23.2 Å². The maximum atomic E-state index is 12.7. The number of rotatable bonds is 5. The van der Waals surface area contributed by atoms with Crippen LogP contribution in [0.1, 0.15) is 23.2 Å². The van der Waals surface area contributed by atoms with Crippen LogP contribution in [0.3, 0.4) is 0 Å². The number of amides is 1. The van der Waals surface area contributed by atoms with Gasteiger partial charge >= 0.3 is 0 Å². The maximum absolute atomic E-state index is 12.7. The second kappa shape index (κ2) is 8.23. The largest absolute Gasteiger partial charge is 0.298 e. The molecule has 0 unspecified atom stereocenters.